The van der Waals surface area contributed by atoms with Gasteiger partial charge in [-0.1, -0.05) is 36.4 Å². The molecule has 4 nitrogen and oxygen atoms in total. The predicted molar refractivity (Wildman–Crippen MR) is 77.7 cm³/mol. The molecule has 0 saturated heterocycles. The number of ether oxygens (including phenoxy) is 1. The first-order valence-electron chi connectivity index (χ1n) is 6.34. The minimum Gasteiger partial charge on any atom is -0.487 e. The van der Waals surface area contributed by atoms with E-state index in [0.717, 1.165) is 16.7 Å². The van der Waals surface area contributed by atoms with E-state index in [0.29, 0.717) is 18.0 Å². The molecule has 0 saturated carbocycles. The van der Waals surface area contributed by atoms with Crippen LogP contribution in [0.15, 0.2) is 42.5 Å². The summed E-state index contributed by atoms with van der Waals surface area (Å²) in [5.41, 5.74) is 9.13. The number of nitrogens with two attached hydrogens (primary N) is 1. The maximum atomic E-state index is 10.8. The van der Waals surface area contributed by atoms with E-state index < -0.39 is 5.97 Å². The maximum absolute atomic E-state index is 10.8. The highest BCUT2D eigenvalue weighted by atomic mass is 16.5. The fraction of sp³-hybridized carbons (Fsp3) is 0.188. The van der Waals surface area contributed by atoms with Crippen LogP contribution >= 0.6 is 0 Å². The van der Waals surface area contributed by atoms with Gasteiger partial charge >= 0.3 is 5.97 Å². The van der Waals surface area contributed by atoms with Crippen molar-refractivity contribution in [2.45, 2.75) is 20.0 Å². The molecule has 104 valence electrons. The van der Waals surface area contributed by atoms with Gasteiger partial charge in [-0.05, 0) is 29.7 Å². The Labute approximate surface area is 117 Å². The smallest absolute Gasteiger partial charge is 0.307 e. The average Bonchev–Trinajstić information content (AvgIpc) is 2.41. The van der Waals surface area contributed by atoms with Crippen molar-refractivity contribution in [1.82, 2.24) is 0 Å². The minimum atomic E-state index is -0.854. The van der Waals surface area contributed by atoms with Gasteiger partial charge in [0, 0.05) is 0 Å². The van der Waals surface area contributed by atoms with Gasteiger partial charge in [0.25, 0.3) is 0 Å². The van der Waals surface area contributed by atoms with E-state index in [-0.39, 0.29) is 6.42 Å². The Morgan fingerprint density at radius 1 is 1.15 bits per heavy atom. The van der Waals surface area contributed by atoms with Gasteiger partial charge in [-0.15, -0.1) is 0 Å². The second kappa shape index (κ2) is 6.10. The number of anilines is 1. The molecule has 0 heterocycles. The van der Waals surface area contributed by atoms with Crippen molar-refractivity contribution in [2.75, 3.05) is 5.73 Å². The molecule has 0 aliphatic heterocycles. The van der Waals surface area contributed by atoms with Gasteiger partial charge in [0.15, 0.2) is 0 Å². The molecular weight excluding hydrogens is 254 g/mol. The lowest BCUT2D eigenvalue weighted by Crippen LogP contribution is -2.06. The Morgan fingerprint density at radius 2 is 1.85 bits per heavy atom. The molecule has 0 aliphatic rings. The fourth-order valence-electron chi connectivity index (χ4n) is 1.97. The summed E-state index contributed by atoms with van der Waals surface area (Å²) in [5.74, 6) is -0.234. The summed E-state index contributed by atoms with van der Waals surface area (Å²) in [6, 6.07) is 13.0. The van der Waals surface area contributed by atoms with Gasteiger partial charge in [-0.3, -0.25) is 4.79 Å². The maximum Gasteiger partial charge on any atom is 0.307 e. The normalized spacial score (nSPS) is 10.2. The minimum absolute atomic E-state index is 0.0111. The van der Waals surface area contributed by atoms with Crippen LogP contribution in [0.5, 0.6) is 5.75 Å². The number of nitrogen functional groups attached to an aromatic ring is 1. The van der Waals surface area contributed by atoms with Crippen molar-refractivity contribution in [1.29, 1.82) is 0 Å². The second-order valence-corrected chi connectivity index (χ2v) is 4.61. The highest BCUT2D eigenvalue weighted by Crippen LogP contribution is 2.25. The molecule has 0 aliphatic carbocycles. The number of aryl methyl sites for hydroxylation is 1. The Bertz CT molecular complexity index is 623. The van der Waals surface area contributed by atoms with Crippen LogP contribution in [0.2, 0.25) is 0 Å². The van der Waals surface area contributed by atoms with E-state index in [4.69, 9.17) is 15.6 Å². The standard InChI is InChI=1S/C16H17NO3/c1-11-5-4-8-14(16(11)17)20-10-13-7-3-2-6-12(13)9-15(18)19/h2-8H,9-10,17H2,1H3,(H,18,19). The summed E-state index contributed by atoms with van der Waals surface area (Å²) >= 11 is 0. The van der Waals surface area contributed by atoms with Crippen LogP contribution < -0.4 is 10.5 Å². The number of rotatable bonds is 5. The molecule has 0 atom stereocenters. The Morgan fingerprint density at radius 3 is 2.55 bits per heavy atom. The van der Waals surface area contributed by atoms with Gasteiger partial charge in [-0.2, -0.15) is 0 Å². The zero-order chi connectivity index (χ0) is 14.5. The molecule has 0 radical (unpaired) electrons. The zero-order valence-corrected chi connectivity index (χ0v) is 11.3. The molecule has 0 spiro atoms. The third-order valence-electron chi connectivity index (χ3n) is 3.13. The predicted octanol–water partition coefficient (Wildman–Crippen LogP) is 2.78. The number of carbonyl (C=O) groups is 1. The zero-order valence-electron chi connectivity index (χ0n) is 11.3. The summed E-state index contributed by atoms with van der Waals surface area (Å²) in [4.78, 5) is 10.8. The summed E-state index contributed by atoms with van der Waals surface area (Å²) in [6.45, 7) is 2.22. The molecule has 0 unspecified atom stereocenters. The van der Waals surface area contributed by atoms with Gasteiger partial charge in [0.1, 0.15) is 12.4 Å². The lowest BCUT2D eigenvalue weighted by molar-refractivity contribution is -0.136. The number of hydrogen-bond donors (Lipinski definition) is 2. The van der Waals surface area contributed by atoms with E-state index in [1.807, 2.05) is 43.3 Å². The summed E-state index contributed by atoms with van der Waals surface area (Å²) in [6.07, 6.45) is -0.0111. The van der Waals surface area contributed by atoms with Gasteiger partial charge in [-0.25, -0.2) is 0 Å². The SMILES string of the molecule is Cc1cccc(OCc2ccccc2CC(=O)O)c1N. The van der Waals surface area contributed by atoms with Gasteiger partial charge in [0.05, 0.1) is 12.1 Å². The summed E-state index contributed by atoms with van der Waals surface area (Å²) in [5, 5.41) is 8.90. The third kappa shape index (κ3) is 3.29. The Balaban J connectivity index is 2.15. The monoisotopic (exact) mass is 271 g/mol. The number of benzene rings is 2. The molecule has 2 aromatic carbocycles. The molecule has 3 N–H and O–H groups in total. The highest BCUT2D eigenvalue weighted by Gasteiger charge is 2.08. The molecule has 4 heteroatoms. The van der Waals surface area contributed by atoms with Crippen LogP contribution in [0.3, 0.4) is 0 Å². The van der Waals surface area contributed by atoms with Crippen molar-refractivity contribution in [3.8, 4) is 5.75 Å². The van der Waals surface area contributed by atoms with Crippen LogP contribution in [-0.4, -0.2) is 11.1 Å². The topological polar surface area (TPSA) is 72.5 Å². The number of carboxylic acid groups (broad SMARTS) is 1. The summed E-state index contributed by atoms with van der Waals surface area (Å²) < 4.78 is 5.71. The van der Waals surface area contributed by atoms with E-state index in [1.165, 1.54) is 0 Å². The van der Waals surface area contributed by atoms with Crippen LogP contribution in [-0.2, 0) is 17.8 Å². The lowest BCUT2D eigenvalue weighted by atomic mass is 10.1. The fourth-order valence-corrected chi connectivity index (χ4v) is 1.97. The van der Waals surface area contributed by atoms with Crippen molar-refractivity contribution >= 4 is 11.7 Å². The van der Waals surface area contributed by atoms with Crippen LogP contribution in [0.4, 0.5) is 5.69 Å². The van der Waals surface area contributed by atoms with Crippen LogP contribution in [0.1, 0.15) is 16.7 Å². The quantitative estimate of drug-likeness (QED) is 0.820. The molecule has 0 fully saturated rings. The van der Waals surface area contributed by atoms with E-state index in [9.17, 15) is 4.79 Å². The largest absolute Gasteiger partial charge is 0.487 e. The van der Waals surface area contributed by atoms with Crippen LogP contribution in [0, 0.1) is 6.92 Å². The van der Waals surface area contributed by atoms with Crippen molar-refractivity contribution in [3.05, 3.63) is 59.2 Å². The third-order valence-corrected chi connectivity index (χ3v) is 3.13. The van der Waals surface area contributed by atoms with Crippen LogP contribution in [0.25, 0.3) is 0 Å². The molecule has 2 aromatic rings. The van der Waals surface area contributed by atoms with E-state index in [2.05, 4.69) is 0 Å². The van der Waals surface area contributed by atoms with Gasteiger partial charge < -0.3 is 15.6 Å². The Hall–Kier alpha value is -2.49. The lowest BCUT2D eigenvalue weighted by Gasteiger charge is -2.12. The van der Waals surface area contributed by atoms with Gasteiger partial charge in [0.2, 0.25) is 0 Å². The number of carboxylic acids is 1. The molecule has 2 rings (SSSR count). The first-order valence-corrected chi connectivity index (χ1v) is 6.34. The number of aliphatic carboxylic acids is 1. The highest BCUT2D eigenvalue weighted by molar-refractivity contribution is 5.70. The number of para-hydroxylation sites is 1. The molecular formula is C16H17NO3. The first kappa shape index (κ1) is 13.9. The summed E-state index contributed by atoms with van der Waals surface area (Å²) in [7, 11) is 0. The molecule has 0 amide bonds. The first-order chi connectivity index (χ1) is 9.58. The second-order valence-electron chi connectivity index (χ2n) is 4.61. The average molecular weight is 271 g/mol. The van der Waals surface area contributed by atoms with E-state index in [1.54, 1.807) is 6.07 Å². The van der Waals surface area contributed by atoms with E-state index >= 15 is 0 Å². The molecule has 0 bridgehead atoms. The Kier molecular flexibility index (Phi) is 4.25. The molecule has 20 heavy (non-hydrogen) atoms. The van der Waals surface area contributed by atoms with Crippen molar-refractivity contribution in [3.63, 3.8) is 0 Å². The van der Waals surface area contributed by atoms with Crippen molar-refractivity contribution < 1.29 is 14.6 Å². The van der Waals surface area contributed by atoms with Crippen molar-refractivity contribution in [2.24, 2.45) is 0 Å². The molecule has 0 aromatic heterocycles. The number of hydrogen-bond acceptors (Lipinski definition) is 3.